The van der Waals surface area contributed by atoms with Gasteiger partial charge in [-0.2, -0.15) is 0 Å². The average Bonchev–Trinajstić information content (AvgIpc) is 2.77. The van der Waals surface area contributed by atoms with Crippen LogP contribution in [0, 0.1) is 6.92 Å². The largest absolute Gasteiger partial charge is 0.377 e. The SMILES string of the molecule is Cc1cn(COC(CCOCc2ccccc2)OCc2ccccc2)c(=O)[nH]c1=O. The molecule has 0 radical (unpaired) electrons. The summed E-state index contributed by atoms with van der Waals surface area (Å²) in [6.07, 6.45) is 1.40. The van der Waals surface area contributed by atoms with E-state index in [1.54, 1.807) is 6.92 Å². The minimum Gasteiger partial charge on any atom is -0.377 e. The Labute approximate surface area is 174 Å². The van der Waals surface area contributed by atoms with Crippen molar-refractivity contribution in [1.29, 1.82) is 0 Å². The van der Waals surface area contributed by atoms with Gasteiger partial charge in [0.1, 0.15) is 6.73 Å². The fourth-order valence-electron chi connectivity index (χ4n) is 2.80. The number of aryl methyl sites for hydroxylation is 1. The number of hydrogen-bond acceptors (Lipinski definition) is 5. The zero-order valence-electron chi connectivity index (χ0n) is 17.0. The number of nitrogens with one attached hydrogen (secondary N) is 1. The van der Waals surface area contributed by atoms with E-state index in [9.17, 15) is 9.59 Å². The maximum Gasteiger partial charge on any atom is 0.330 e. The Bertz CT molecular complexity index is 1020. The zero-order valence-corrected chi connectivity index (χ0v) is 17.0. The number of hydrogen-bond donors (Lipinski definition) is 1. The molecular formula is C23H26N2O5. The highest BCUT2D eigenvalue weighted by Crippen LogP contribution is 2.09. The number of aromatic amines is 1. The highest BCUT2D eigenvalue weighted by atomic mass is 16.7. The Morgan fingerprint density at radius 2 is 1.53 bits per heavy atom. The number of H-pyrrole nitrogens is 1. The van der Waals surface area contributed by atoms with E-state index in [2.05, 4.69) is 4.98 Å². The summed E-state index contributed by atoms with van der Waals surface area (Å²) < 4.78 is 18.8. The van der Waals surface area contributed by atoms with Gasteiger partial charge in [-0.15, -0.1) is 0 Å². The van der Waals surface area contributed by atoms with Crippen LogP contribution >= 0.6 is 0 Å². The summed E-state index contributed by atoms with van der Waals surface area (Å²) in [6, 6.07) is 19.7. The number of aromatic nitrogens is 2. The van der Waals surface area contributed by atoms with E-state index in [1.165, 1.54) is 10.8 Å². The molecule has 158 valence electrons. The summed E-state index contributed by atoms with van der Waals surface area (Å²) in [6.45, 7) is 2.92. The maximum absolute atomic E-state index is 12.0. The van der Waals surface area contributed by atoms with Gasteiger partial charge in [-0.05, 0) is 18.1 Å². The second-order valence-electron chi connectivity index (χ2n) is 6.89. The first-order valence-corrected chi connectivity index (χ1v) is 9.81. The third-order valence-electron chi connectivity index (χ3n) is 4.48. The molecule has 0 saturated carbocycles. The van der Waals surface area contributed by atoms with Crippen molar-refractivity contribution < 1.29 is 14.2 Å². The van der Waals surface area contributed by atoms with Crippen LogP contribution in [0.1, 0.15) is 23.1 Å². The van der Waals surface area contributed by atoms with Gasteiger partial charge in [0.05, 0.1) is 19.8 Å². The molecule has 0 amide bonds. The molecule has 0 bridgehead atoms. The lowest BCUT2D eigenvalue weighted by Gasteiger charge is -2.19. The van der Waals surface area contributed by atoms with E-state index < -0.39 is 17.5 Å². The van der Waals surface area contributed by atoms with Gasteiger partial charge in [0.25, 0.3) is 5.56 Å². The first kappa shape index (κ1) is 21.7. The second-order valence-corrected chi connectivity index (χ2v) is 6.89. The normalized spacial score (nSPS) is 12.0. The van der Waals surface area contributed by atoms with E-state index in [4.69, 9.17) is 14.2 Å². The molecule has 0 aliphatic heterocycles. The quantitative estimate of drug-likeness (QED) is 0.388. The van der Waals surface area contributed by atoms with Crippen LogP contribution in [0.4, 0.5) is 0 Å². The van der Waals surface area contributed by atoms with Crippen molar-refractivity contribution in [2.75, 3.05) is 6.61 Å². The summed E-state index contributed by atoms with van der Waals surface area (Å²) >= 11 is 0. The maximum atomic E-state index is 12.0. The van der Waals surface area contributed by atoms with E-state index >= 15 is 0 Å². The summed E-state index contributed by atoms with van der Waals surface area (Å²) in [5.41, 5.74) is 1.63. The molecule has 2 aromatic carbocycles. The zero-order chi connectivity index (χ0) is 21.2. The third-order valence-corrected chi connectivity index (χ3v) is 4.48. The molecule has 1 unspecified atom stereocenters. The molecule has 1 heterocycles. The number of rotatable bonds is 11. The fourth-order valence-corrected chi connectivity index (χ4v) is 2.80. The van der Waals surface area contributed by atoms with Gasteiger partial charge in [0, 0.05) is 18.2 Å². The first-order chi connectivity index (χ1) is 14.6. The monoisotopic (exact) mass is 410 g/mol. The van der Waals surface area contributed by atoms with Crippen LogP contribution in [0.3, 0.4) is 0 Å². The van der Waals surface area contributed by atoms with Gasteiger partial charge in [0.2, 0.25) is 0 Å². The molecule has 7 heteroatoms. The lowest BCUT2D eigenvalue weighted by molar-refractivity contribution is -0.179. The molecule has 3 aromatic rings. The minimum atomic E-state index is -0.569. The van der Waals surface area contributed by atoms with Gasteiger partial charge in [-0.1, -0.05) is 60.7 Å². The van der Waals surface area contributed by atoms with E-state index in [1.807, 2.05) is 60.7 Å². The third kappa shape index (κ3) is 6.81. The van der Waals surface area contributed by atoms with Crippen molar-refractivity contribution in [3.63, 3.8) is 0 Å². The molecule has 0 aliphatic rings. The molecule has 0 aliphatic carbocycles. The standard InChI is InChI=1S/C23H26N2O5/c1-18-14-25(23(27)24-22(18)26)17-30-21(29-16-20-10-6-3-7-11-20)12-13-28-15-19-8-4-2-5-9-19/h2-11,14,21H,12-13,15-17H2,1H3,(H,24,26,27). The number of benzene rings is 2. The summed E-state index contributed by atoms with van der Waals surface area (Å²) in [5.74, 6) is 0. The van der Waals surface area contributed by atoms with Crippen molar-refractivity contribution in [3.8, 4) is 0 Å². The predicted octanol–water partition coefficient (Wildman–Crippen LogP) is 2.97. The Balaban J connectivity index is 1.56. The Kier molecular flexibility index (Phi) is 8.14. The number of ether oxygens (including phenoxy) is 3. The molecule has 0 fully saturated rings. The molecule has 30 heavy (non-hydrogen) atoms. The summed E-state index contributed by atoms with van der Waals surface area (Å²) in [5, 5.41) is 0. The molecular weight excluding hydrogens is 384 g/mol. The van der Waals surface area contributed by atoms with Crippen LogP contribution in [0.15, 0.2) is 76.4 Å². The lowest BCUT2D eigenvalue weighted by Crippen LogP contribution is -2.33. The van der Waals surface area contributed by atoms with Crippen LogP contribution < -0.4 is 11.2 Å². The second kappa shape index (κ2) is 11.3. The van der Waals surface area contributed by atoms with E-state index in [0.29, 0.717) is 31.8 Å². The molecule has 1 aromatic heterocycles. The predicted molar refractivity (Wildman–Crippen MR) is 113 cm³/mol. The van der Waals surface area contributed by atoms with E-state index in [-0.39, 0.29) is 6.73 Å². The smallest absolute Gasteiger partial charge is 0.330 e. The van der Waals surface area contributed by atoms with Crippen LogP contribution in [0.5, 0.6) is 0 Å². The highest BCUT2D eigenvalue weighted by molar-refractivity contribution is 5.14. The van der Waals surface area contributed by atoms with Crippen LogP contribution in [0.2, 0.25) is 0 Å². The van der Waals surface area contributed by atoms with Crippen molar-refractivity contribution >= 4 is 0 Å². The van der Waals surface area contributed by atoms with Crippen molar-refractivity contribution in [3.05, 3.63) is 104 Å². The molecule has 1 N–H and O–H groups in total. The van der Waals surface area contributed by atoms with Crippen LogP contribution in [-0.4, -0.2) is 22.4 Å². The highest BCUT2D eigenvalue weighted by Gasteiger charge is 2.12. The van der Waals surface area contributed by atoms with Gasteiger partial charge < -0.3 is 14.2 Å². The molecule has 1 atom stereocenters. The lowest BCUT2D eigenvalue weighted by atomic mass is 10.2. The first-order valence-electron chi connectivity index (χ1n) is 9.81. The van der Waals surface area contributed by atoms with Crippen LogP contribution in [0.25, 0.3) is 0 Å². The van der Waals surface area contributed by atoms with Gasteiger partial charge in [0.15, 0.2) is 6.29 Å². The topological polar surface area (TPSA) is 82.6 Å². The van der Waals surface area contributed by atoms with Gasteiger partial charge in [-0.3, -0.25) is 14.3 Å². The van der Waals surface area contributed by atoms with Gasteiger partial charge in [-0.25, -0.2) is 4.79 Å². The minimum absolute atomic E-state index is 0.0331. The average molecular weight is 410 g/mol. The number of nitrogens with zero attached hydrogens (tertiary/aromatic N) is 1. The fraction of sp³-hybridized carbons (Fsp3) is 0.304. The molecule has 3 rings (SSSR count). The Morgan fingerprint density at radius 3 is 2.20 bits per heavy atom. The van der Waals surface area contributed by atoms with Crippen molar-refractivity contribution in [1.82, 2.24) is 9.55 Å². The molecule has 0 saturated heterocycles. The summed E-state index contributed by atoms with van der Waals surface area (Å²) in [4.78, 5) is 25.8. The van der Waals surface area contributed by atoms with Crippen molar-refractivity contribution in [2.45, 2.75) is 39.6 Å². The van der Waals surface area contributed by atoms with Crippen LogP contribution in [-0.2, 0) is 34.2 Å². The summed E-state index contributed by atoms with van der Waals surface area (Å²) in [7, 11) is 0. The Morgan fingerprint density at radius 1 is 0.900 bits per heavy atom. The van der Waals surface area contributed by atoms with E-state index in [0.717, 1.165) is 11.1 Å². The molecule has 7 nitrogen and oxygen atoms in total. The Hall–Kier alpha value is -3.00. The molecule has 0 spiro atoms. The van der Waals surface area contributed by atoms with Gasteiger partial charge >= 0.3 is 5.69 Å². The van der Waals surface area contributed by atoms with Crippen molar-refractivity contribution in [2.24, 2.45) is 0 Å².